The Hall–Kier alpha value is -2.14. The molecule has 1 aliphatic heterocycles. The lowest BCUT2D eigenvalue weighted by Gasteiger charge is -2.36. The van der Waals surface area contributed by atoms with Crippen molar-refractivity contribution >= 4 is 23.2 Å². The molecule has 0 saturated carbocycles. The van der Waals surface area contributed by atoms with E-state index in [-0.39, 0.29) is 0 Å². The molecule has 1 fully saturated rings. The van der Waals surface area contributed by atoms with E-state index in [2.05, 4.69) is 4.90 Å². The van der Waals surface area contributed by atoms with E-state index in [1.54, 1.807) is 6.07 Å². The second kappa shape index (κ2) is 6.54. The maximum Gasteiger partial charge on any atom is 0.259 e. The number of rotatable bonds is 2. The minimum Gasteiger partial charge on any atom is -0.368 e. The van der Waals surface area contributed by atoms with Gasteiger partial charge < -0.3 is 9.80 Å². The Morgan fingerprint density at radius 1 is 0.957 bits per heavy atom. The summed E-state index contributed by atoms with van der Waals surface area (Å²) in [6.07, 6.45) is 0. The minimum absolute atomic E-state index is 0.402. The number of anilines is 1. The quantitative estimate of drug-likeness (QED) is 0.837. The van der Waals surface area contributed by atoms with E-state index in [1.807, 2.05) is 18.2 Å². The molecule has 2 aromatic carbocycles. The first-order valence-corrected chi connectivity index (χ1v) is 7.68. The third-order valence-corrected chi connectivity index (χ3v) is 4.15. The highest BCUT2D eigenvalue weighted by atomic mass is 35.5. The van der Waals surface area contributed by atoms with E-state index in [4.69, 9.17) is 11.6 Å². The van der Waals surface area contributed by atoms with Gasteiger partial charge in [0.2, 0.25) is 0 Å². The summed E-state index contributed by atoms with van der Waals surface area (Å²) in [5.74, 6) is -2.26. The van der Waals surface area contributed by atoms with E-state index in [0.29, 0.717) is 31.2 Å². The standard InChI is InChI=1S/C17H15ClF2N2O/c18-12-3-1-4-13(11-12)21-7-9-22(10-8-21)17(23)16-14(19)5-2-6-15(16)20/h1-6,11H,7-10H2. The molecule has 23 heavy (non-hydrogen) atoms. The second-order valence-electron chi connectivity index (χ2n) is 5.36. The molecule has 0 aromatic heterocycles. The highest BCUT2D eigenvalue weighted by Gasteiger charge is 2.26. The molecule has 2 aromatic rings. The van der Waals surface area contributed by atoms with Crippen molar-refractivity contribution in [2.75, 3.05) is 31.1 Å². The van der Waals surface area contributed by atoms with Crippen molar-refractivity contribution in [3.63, 3.8) is 0 Å². The Labute approximate surface area is 138 Å². The number of nitrogens with zero attached hydrogens (tertiary/aromatic N) is 2. The fourth-order valence-electron chi connectivity index (χ4n) is 2.70. The van der Waals surface area contributed by atoms with Gasteiger partial charge in [0, 0.05) is 36.9 Å². The number of piperazine rings is 1. The fourth-order valence-corrected chi connectivity index (χ4v) is 2.89. The van der Waals surface area contributed by atoms with Gasteiger partial charge in [-0.25, -0.2) is 8.78 Å². The third kappa shape index (κ3) is 3.29. The molecule has 0 aliphatic carbocycles. The summed E-state index contributed by atoms with van der Waals surface area (Å²) >= 11 is 5.98. The van der Waals surface area contributed by atoms with Crippen LogP contribution in [0.15, 0.2) is 42.5 Å². The molecular weight excluding hydrogens is 322 g/mol. The lowest BCUT2D eigenvalue weighted by atomic mass is 10.1. The Balaban J connectivity index is 1.70. The molecule has 1 amide bonds. The van der Waals surface area contributed by atoms with Crippen molar-refractivity contribution in [3.8, 4) is 0 Å². The van der Waals surface area contributed by atoms with Crippen LogP contribution >= 0.6 is 11.6 Å². The summed E-state index contributed by atoms with van der Waals surface area (Å²) in [5, 5.41) is 0.648. The molecule has 3 nitrogen and oxygen atoms in total. The van der Waals surface area contributed by atoms with Crippen LogP contribution in [0.5, 0.6) is 0 Å². The third-order valence-electron chi connectivity index (χ3n) is 3.92. The zero-order chi connectivity index (χ0) is 16.4. The molecule has 1 saturated heterocycles. The van der Waals surface area contributed by atoms with Gasteiger partial charge in [-0.3, -0.25) is 4.79 Å². The lowest BCUT2D eigenvalue weighted by Crippen LogP contribution is -2.49. The van der Waals surface area contributed by atoms with Crippen LogP contribution in [0.1, 0.15) is 10.4 Å². The van der Waals surface area contributed by atoms with Crippen LogP contribution in [-0.4, -0.2) is 37.0 Å². The molecule has 0 unspecified atom stereocenters. The maximum absolute atomic E-state index is 13.7. The number of hydrogen-bond donors (Lipinski definition) is 0. The first kappa shape index (κ1) is 15.7. The van der Waals surface area contributed by atoms with Crippen LogP contribution in [-0.2, 0) is 0 Å². The number of benzene rings is 2. The van der Waals surface area contributed by atoms with Crippen molar-refractivity contribution in [2.45, 2.75) is 0 Å². The Kier molecular flexibility index (Phi) is 4.48. The van der Waals surface area contributed by atoms with Crippen molar-refractivity contribution in [2.24, 2.45) is 0 Å². The van der Waals surface area contributed by atoms with Crippen LogP contribution in [0.2, 0.25) is 5.02 Å². The summed E-state index contributed by atoms with van der Waals surface area (Å²) in [5.41, 5.74) is 0.491. The summed E-state index contributed by atoms with van der Waals surface area (Å²) in [7, 11) is 0. The first-order chi connectivity index (χ1) is 11.1. The molecule has 0 bridgehead atoms. The minimum atomic E-state index is -0.827. The SMILES string of the molecule is O=C(c1c(F)cccc1F)N1CCN(c2cccc(Cl)c2)CC1. The molecule has 1 heterocycles. The largest absolute Gasteiger partial charge is 0.368 e. The van der Waals surface area contributed by atoms with E-state index < -0.39 is 23.1 Å². The lowest BCUT2D eigenvalue weighted by molar-refractivity contribution is 0.0737. The van der Waals surface area contributed by atoms with Gasteiger partial charge in [-0.15, -0.1) is 0 Å². The molecule has 3 rings (SSSR count). The number of carbonyl (C=O) groups is 1. The predicted octanol–water partition coefficient (Wildman–Crippen LogP) is 3.58. The van der Waals surface area contributed by atoms with Crippen molar-refractivity contribution in [3.05, 3.63) is 64.7 Å². The van der Waals surface area contributed by atoms with Gasteiger partial charge in [0.25, 0.3) is 5.91 Å². The Morgan fingerprint density at radius 3 is 2.17 bits per heavy atom. The first-order valence-electron chi connectivity index (χ1n) is 7.30. The molecule has 0 N–H and O–H groups in total. The van der Waals surface area contributed by atoms with E-state index in [0.717, 1.165) is 17.8 Å². The number of amides is 1. The molecule has 0 atom stereocenters. The smallest absolute Gasteiger partial charge is 0.259 e. The summed E-state index contributed by atoms with van der Waals surface area (Å²) in [4.78, 5) is 15.9. The summed E-state index contributed by atoms with van der Waals surface area (Å²) in [6.45, 7) is 1.97. The van der Waals surface area contributed by atoms with Gasteiger partial charge in [-0.1, -0.05) is 23.7 Å². The van der Waals surface area contributed by atoms with Crippen LogP contribution in [0.25, 0.3) is 0 Å². The average molecular weight is 337 g/mol. The zero-order valence-electron chi connectivity index (χ0n) is 12.3. The van der Waals surface area contributed by atoms with Crippen LogP contribution in [0.3, 0.4) is 0 Å². The Morgan fingerprint density at radius 2 is 1.57 bits per heavy atom. The van der Waals surface area contributed by atoms with Gasteiger partial charge in [0.15, 0.2) is 0 Å². The van der Waals surface area contributed by atoms with Crippen molar-refractivity contribution in [1.29, 1.82) is 0 Å². The Bertz CT molecular complexity index is 710. The molecule has 0 radical (unpaired) electrons. The fraction of sp³-hybridized carbons (Fsp3) is 0.235. The number of carbonyl (C=O) groups excluding carboxylic acids is 1. The molecular formula is C17H15ClF2N2O. The maximum atomic E-state index is 13.7. The van der Waals surface area contributed by atoms with Crippen LogP contribution < -0.4 is 4.90 Å². The van der Waals surface area contributed by atoms with Crippen molar-refractivity contribution in [1.82, 2.24) is 4.90 Å². The van der Waals surface area contributed by atoms with Crippen molar-refractivity contribution < 1.29 is 13.6 Å². The number of hydrogen-bond acceptors (Lipinski definition) is 2. The second-order valence-corrected chi connectivity index (χ2v) is 5.79. The molecule has 6 heteroatoms. The van der Waals surface area contributed by atoms with Gasteiger partial charge in [0.1, 0.15) is 17.2 Å². The van der Waals surface area contributed by atoms with E-state index in [1.165, 1.54) is 11.0 Å². The highest BCUT2D eigenvalue weighted by molar-refractivity contribution is 6.30. The molecule has 120 valence electrons. The predicted molar refractivity (Wildman–Crippen MR) is 85.9 cm³/mol. The number of halogens is 3. The normalized spacial score (nSPS) is 14.9. The van der Waals surface area contributed by atoms with Gasteiger partial charge >= 0.3 is 0 Å². The van der Waals surface area contributed by atoms with E-state index in [9.17, 15) is 13.6 Å². The van der Waals surface area contributed by atoms with Gasteiger partial charge in [-0.05, 0) is 30.3 Å². The van der Waals surface area contributed by atoms with Gasteiger partial charge in [0.05, 0.1) is 0 Å². The topological polar surface area (TPSA) is 23.6 Å². The molecule has 1 aliphatic rings. The van der Waals surface area contributed by atoms with Gasteiger partial charge in [-0.2, -0.15) is 0 Å². The zero-order valence-corrected chi connectivity index (χ0v) is 13.1. The average Bonchev–Trinajstić information content (AvgIpc) is 2.55. The summed E-state index contributed by atoms with van der Waals surface area (Å²) < 4.78 is 27.5. The van der Waals surface area contributed by atoms with Crippen LogP contribution in [0.4, 0.5) is 14.5 Å². The highest BCUT2D eigenvalue weighted by Crippen LogP contribution is 2.22. The molecule has 0 spiro atoms. The summed E-state index contributed by atoms with van der Waals surface area (Å²) in [6, 6.07) is 10.9. The van der Waals surface area contributed by atoms with Crippen LogP contribution in [0, 0.1) is 11.6 Å². The van der Waals surface area contributed by atoms with E-state index >= 15 is 0 Å². The monoisotopic (exact) mass is 336 g/mol.